The summed E-state index contributed by atoms with van der Waals surface area (Å²) in [5.41, 5.74) is 1.06. The lowest BCUT2D eigenvalue weighted by Gasteiger charge is -2.19. The zero-order valence-corrected chi connectivity index (χ0v) is 18.3. The Labute approximate surface area is 184 Å². The van der Waals surface area contributed by atoms with E-state index in [1.165, 1.54) is 0 Å². The van der Waals surface area contributed by atoms with E-state index in [4.69, 9.17) is 27.9 Å². The molecule has 1 amide bonds. The topological polar surface area (TPSA) is 100 Å². The van der Waals surface area contributed by atoms with Crippen molar-refractivity contribution in [3.05, 3.63) is 52.1 Å². The van der Waals surface area contributed by atoms with Gasteiger partial charge in [0.05, 0.1) is 6.54 Å². The second-order valence-corrected chi connectivity index (χ2v) is 8.39. The van der Waals surface area contributed by atoms with Crippen molar-refractivity contribution in [2.45, 2.75) is 32.9 Å². The Morgan fingerprint density at radius 3 is 2.60 bits per heavy atom. The first kappa shape index (κ1) is 21.9. The number of pyridine rings is 1. The molecule has 1 aromatic carbocycles. The van der Waals surface area contributed by atoms with E-state index in [2.05, 4.69) is 30.9 Å². The largest absolute Gasteiger partial charge is 0.444 e. The molecule has 0 fully saturated rings. The lowest BCUT2D eigenvalue weighted by Crippen LogP contribution is -2.30. The predicted molar refractivity (Wildman–Crippen MR) is 121 cm³/mol. The maximum Gasteiger partial charge on any atom is 0.413 e. The number of hydrogen-bond acceptors (Lipinski definition) is 6. The molecule has 0 spiro atoms. The van der Waals surface area contributed by atoms with Gasteiger partial charge >= 0.3 is 6.09 Å². The number of nitrogens with zero attached hydrogens (tertiary/aromatic N) is 3. The molecule has 0 bridgehead atoms. The summed E-state index contributed by atoms with van der Waals surface area (Å²) in [6.07, 6.45) is 1.11. The van der Waals surface area contributed by atoms with Gasteiger partial charge in [0.15, 0.2) is 0 Å². The van der Waals surface area contributed by atoms with Crippen LogP contribution in [-0.4, -0.2) is 35.0 Å². The van der Waals surface area contributed by atoms with Gasteiger partial charge in [-0.1, -0.05) is 29.3 Å². The number of ether oxygens (including phenoxy) is 1. The minimum atomic E-state index is -0.566. The van der Waals surface area contributed by atoms with Gasteiger partial charge in [-0.15, -0.1) is 0 Å². The smallest absolute Gasteiger partial charge is 0.413 e. The first-order chi connectivity index (χ1) is 14.2. The second kappa shape index (κ2) is 9.32. The summed E-state index contributed by atoms with van der Waals surface area (Å²) in [6.45, 7) is 6.26. The van der Waals surface area contributed by atoms with Gasteiger partial charge in [-0.05, 0) is 50.6 Å². The zero-order valence-electron chi connectivity index (χ0n) is 16.8. The van der Waals surface area contributed by atoms with Crippen LogP contribution < -0.4 is 16.0 Å². The van der Waals surface area contributed by atoms with E-state index in [0.29, 0.717) is 34.9 Å². The average molecular weight is 449 g/mol. The molecule has 8 nitrogen and oxygen atoms in total. The summed E-state index contributed by atoms with van der Waals surface area (Å²) in [4.78, 5) is 24.9. The summed E-state index contributed by atoms with van der Waals surface area (Å²) in [5.74, 6) is 1.71. The fourth-order valence-electron chi connectivity index (χ4n) is 2.48. The summed E-state index contributed by atoms with van der Waals surface area (Å²) in [6, 6.07) is 8.71. The molecule has 0 radical (unpaired) electrons. The Balaban J connectivity index is 1.50. The maximum absolute atomic E-state index is 11.8. The predicted octanol–water partition coefficient (Wildman–Crippen LogP) is 4.71. The molecule has 0 saturated carbocycles. The van der Waals surface area contributed by atoms with Gasteiger partial charge in [-0.2, -0.15) is 0 Å². The fraction of sp³-hybridized carbons (Fsp3) is 0.300. The van der Waals surface area contributed by atoms with E-state index in [9.17, 15) is 4.79 Å². The van der Waals surface area contributed by atoms with E-state index in [-0.39, 0.29) is 0 Å². The number of amides is 1. The number of rotatable bonds is 4. The number of carbonyl (C=O) groups excluding carboxylic acids is 1. The third-order valence-electron chi connectivity index (χ3n) is 3.68. The molecule has 1 aliphatic rings. The van der Waals surface area contributed by atoms with Crippen molar-refractivity contribution in [1.29, 1.82) is 0 Å². The molecular weight excluding hydrogens is 427 g/mol. The highest BCUT2D eigenvalue weighted by Gasteiger charge is 2.16. The molecule has 1 aliphatic heterocycles. The van der Waals surface area contributed by atoms with E-state index in [1.54, 1.807) is 51.2 Å². The monoisotopic (exact) mass is 448 g/mol. The van der Waals surface area contributed by atoms with Crippen molar-refractivity contribution < 1.29 is 9.53 Å². The molecule has 0 saturated heterocycles. The summed E-state index contributed by atoms with van der Waals surface area (Å²) in [5, 5.41) is 9.90. The van der Waals surface area contributed by atoms with Crippen LogP contribution in [-0.2, 0) is 11.3 Å². The van der Waals surface area contributed by atoms with Crippen LogP contribution in [0.15, 0.2) is 46.5 Å². The number of halogens is 2. The Hall–Kier alpha value is -2.84. The van der Waals surface area contributed by atoms with Crippen molar-refractivity contribution in [3.63, 3.8) is 0 Å². The lowest BCUT2D eigenvalue weighted by molar-refractivity contribution is 0.0635. The molecule has 1 aromatic heterocycles. The molecule has 0 aliphatic carbocycles. The number of guanidine groups is 1. The van der Waals surface area contributed by atoms with Crippen molar-refractivity contribution in [3.8, 4) is 0 Å². The summed E-state index contributed by atoms with van der Waals surface area (Å²) >= 11 is 12.0. The molecule has 2 aromatic rings. The number of anilines is 2. The summed E-state index contributed by atoms with van der Waals surface area (Å²) < 4.78 is 5.20. The normalized spacial score (nSPS) is 14.8. The highest BCUT2D eigenvalue weighted by atomic mass is 35.5. The molecule has 0 unspecified atom stereocenters. The number of aliphatic imine (C=N–C) groups is 2. The zero-order chi connectivity index (χ0) is 21.7. The van der Waals surface area contributed by atoms with Crippen molar-refractivity contribution in [2.75, 3.05) is 17.2 Å². The van der Waals surface area contributed by atoms with E-state index < -0.39 is 11.7 Å². The summed E-state index contributed by atoms with van der Waals surface area (Å²) in [7, 11) is 0. The molecule has 3 N–H and O–H groups in total. The maximum atomic E-state index is 11.8. The minimum Gasteiger partial charge on any atom is -0.444 e. The molecular formula is C20H22Cl2N6O2. The Kier molecular flexibility index (Phi) is 6.79. The van der Waals surface area contributed by atoms with Crippen LogP contribution in [0.5, 0.6) is 0 Å². The van der Waals surface area contributed by atoms with Crippen molar-refractivity contribution in [1.82, 2.24) is 10.3 Å². The quantitative estimate of drug-likeness (QED) is 0.628. The number of aromatic nitrogens is 1. The van der Waals surface area contributed by atoms with Crippen LogP contribution in [0.3, 0.4) is 0 Å². The van der Waals surface area contributed by atoms with Gasteiger partial charge in [0, 0.05) is 21.9 Å². The van der Waals surface area contributed by atoms with E-state index in [0.717, 1.165) is 17.1 Å². The van der Waals surface area contributed by atoms with Gasteiger partial charge in [0.25, 0.3) is 0 Å². The number of hydrogen-bond donors (Lipinski definition) is 3. The highest BCUT2D eigenvalue weighted by molar-refractivity contribution is 6.35. The second-order valence-electron chi connectivity index (χ2n) is 7.51. The van der Waals surface area contributed by atoms with Crippen LogP contribution in [0.2, 0.25) is 10.0 Å². The van der Waals surface area contributed by atoms with Crippen molar-refractivity contribution >= 4 is 52.6 Å². The van der Waals surface area contributed by atoms with Crippen LogP contribution >= 0.6 is 23.2 Å². The van der Waals surface area contributed by atoms with E-state index >= 15 is 0 Å². The lowest BCUT2D eigenvalue weighted by atomic mass is 10.2. The Bertz CT molecular complexity index is 964. The number of amidine groups is 1. The third-order valence-corrected chi connectivity index (χ3v) is 4.12. The van der Waals surface area contributed by atoms with Crippen LogP contribution in [0.4, 0.5) is 16.3 Å². The highest BCUT2D eigenvalue weighted by Crippen LogP contribution is 2.22. The minimum absolute atomic E-state index is 0.412. The SMILES string of the molecule is CC(C)(C)OC(=O)Nc1ccc(CN=C2CN=C(Nc3cc(Cl)cc(Cl)c3)N2)cn1. The molecule has 10 heteroatoms. The van der Waals surface area contributed by atoms with Gasteiger partial charge in [-0.3, -0.25) is 10.3 Å². The van der Waals surface area contributed by atoms with Gasteiger partial charge in [-0.25, -0.2) is 14.8 Å². The Morgan fingerprint density at radius 2 is 1.97 bits per heavy atom. The molecule has 158 valence electrons. The average Bonchev–Trinajstić information content (AvgIpc) is 3.06. The van der Waals surface area contributed by atoms with Crippen molar-refractivity contribution in [2.24, 2.45) is 9.98 Å². The fourth-order valence-corrected chi connectivity index (χ4v) is 3.01. The number of benzene rings is 1. The van der Waals surface area contributed by atoms with Crippen LogP contribution in [0.1, 0.15) is 26.3 Å². The van der Waals surface area contributed by atoms with Crippen LogP contribution in [0.25, 0.3) is 0 Å². The molecule has 3 rings (SSSR count). The third kappa shape index (κ3) is 6.89. The van der Waals surface area contributed by atoms with Gasteiger partial charge in [0.1, 0.15) is 23.8 Å². The van der Waals surface area contributed by atoms with Gasteiger partial charge in [0.2, 0.25) is 5.96 Å². The number of carbonyl (C=O) groups is 1. The van der Waals surface area contributed by atoms with Crippen LogP contribution in [0, 0.1) is 0 Å². The molecule has 0 atom stereocenters. The first-order valence-electron chi connectivity index (χ1n) is 9.19. The standard InChI is InChI=1S/C20H22Cl2N6O2/c1-20(2,3)30-19(29)28-16-5-4-12(9-23-16)10-24-17-11-25-18(27-17)26-15-7-13(21)6-14(22)8-15/h4-9H,10-11H2,1-3H3,(H,23,28,29)(H2,24,25,26,27). The van der Waals surface area contributed by atoms with Gasteiger partial charge < -0.3 is 15.4 Å². The molecule has 2 heterocycles. The molecule has 30 heavy (non-hydrogen) atoms. The Morgan fingerprint density at radius 1 is 1.23 bits per heavy atom. The van der Waals surface area contributed by atoms with E-state index in [1.807, 2.05) is 6.07 Å². The first-order valence-corrected chi connectivity index (χ1v) is 9.95. The number of nitrogens with one attached hydrogen (secondary N) is 3.